The lowest BCUT2D eigenvalue weighted by molar-refractivity contribution is 0.384. The predicted octanol–water partition coefficient (Wildman–Crippen LogP) is 0.317. The Morgan fingerprint density at radius 2 is 1.75 bits per heavy atom. The quantitative estimate of drug-likeness (QED) is 0.597. The fraction of sp³-hybridized carbons (Fsp3) is 1.00. The third kappa shape index (κ3) is 1.09. The van der Waals surface area contributed by atoms with Crippen molar-refractivity contribution >= 4 is 9.84 Å². The molecule has 4 heteroatoms. The Morgan fingerprint density at radius 1 is 1.08 bits per heavy atom. The molecule has 3 nitrogen and oxygen atoms in total. The van der Waals surface area contributed by atoms with Gasteiger partial charge in [-0.15, -0.1) is 0 Å². The summed E-state index contributed by atoms with van der Waals surface area (Å²) in [4.78, 5) is 0. The molecule has 0 aromatic rings. The molecule has 0 bridgehead atoms. The van der Waals surface area contributed by atoms with Crippen LogP contribution < -0.4 is 5.32 Å². The first-order valence-electron chi connectivity index (χ1n) is 4.59. The number of rotatable bonds is 0. The Labute approximate surface area is 73.5 Å². The van der Waals surface area contributed by atoms with Gasteiger partial charge < -0.3 is 5.32 Å². The molecule has 0 unspecified atom stereocenters. The number of nitrogens with one attached hydrogen (secondary N) is 1. The number of piperidine rings is 1. The van der Waals surface area contributed by atoms with Crippen LogP contribution in [0.5, 0.6) is 0 Å². The summed E-state index contributed by atoms with van der Waals surface area (Å²) >= 11 is 0. The van der Waals surface area contributed by atoms with E-state index in [4.69, 9.17) is 0 Å². The highest BCUT2D eigenvalue weighted by Crippen LogP contribution is 2.39. The van der Waals surface area contributed by atoms with Gasteiger partial charge in [0.25, 0.3) is 0 Å². The Kier molecular flexibility index (Phi) is 1.92. The van der Waals surface area contributed by atoms with Gasteiger partial charge in [-0.3, -0.25) is 0 Å². The van der Waals surface area contributed by atoms with Gasteiger partial charge in [-0.1, -0.05) is 0 Å². The van der Waals surface area contributed by atoms with Crippen molar-refractivity contribution in [1.29, 1.82) is 0 Å². The molecule has 0 saturated carbocycles. The van der Waals surface area contributed by atoms with E-state index in [-0.39, 0.29) is 4.75 Å². The van der Waals surface area contributed by atoms with Crippen molar-refractivity contribution in [3.63, 3.8) is 0 Å². The van der Waals surface area contributed by atoms with Gasteiger partial charge in [-0.05, 0) is 38.8 Å². The second kappa shape index (κ2) is 2.70. The van der Waals surface area contributed by atoms with Gasteiger partial charge in [0.1, 0.15) is 0 Å². The summed E-state index contributed by atoms with van der Waals surface area (Å²) in [5.74, 6) is 0.424. The van der Waals surface area contributed by atoms with E-state index in [0.717, 1.165) is 38.8 Å². The molecule has 0 amide bonds. The van der Waals surface area contributed by atoms with Gasteiger partial charge in [-0.2, -0.15) is 0 Å². The summed E-state index contributed by atoms with van der Waals surface area (Å²) in [6, 6.07) is 0. The Hall–Kier alpha value is -0.0900. The topological polar surface area (TPSA) is 46.2 Å². The van der Waals surface area contributed by atoms with Crippen LogP contribution in [0.25, 0.3) is 0 Å². The fourth-order valence-electron chi connectivity index (χ4n) is 2.40. The molecule has 0 aromatic heterocycles. The molecule has 0 radical (unpaired) electrons. The molecule has 2 heterocycles. The molecule has 1 spiro atoms. The smallest absolute Gasteiger partial charge is 0.156 e. The number of hydrogen-bond acceptors (Lipinski definition) is 3. The highest BCUT2D eigenvalue weighted by atomic mass is 32.2. The first-order chi connectivity index (χ1) is 5.66. The highest BCUT2D eigenvalue weighted by molar-refractivity contribution is 7.93. The minimum Gasteiger partial charge on any atom is -0.317 e. The van der Waals surface area contributed by atoms with Gasteiger partial charge in [0, 0.05) is 0 Å². The van der Waals surface area contributed by atoms with Crippen LogP contribution in [-0.4, -0.2) is 32.0 Å². The first kappa shape index (κ1) is 8.51. The standard InChI is InChI=1S/C8H15NO2S/c10-12(11)7-1-2-8(12)3-5-9-6-4-8/h9H,1-7H2. The molecule has 2 saturated heterocycles. The van der Waals surface area contributed by atoms with Crippen molar-refractivity contribution in [3.8, 4) is 0 Å². The van der Waals surface area contributed by atoms with E-state index in [0.29, 0.717) is 5.75 Å². The van der Waals surface area contributed by atoms with Gasteiger partial charge in [-0.25, -0.2) is 8.42 Å². The lowest BCUT2D eigenvalue weighted by Gasteiger charge is -2.32. The fourth-order valence-corrected chi connectivity index (χ4v) is 4.64. The number of hydrogen-bond donors (Lipinski definition) is 1. The summed E-state index contributed by atoms with van der Waals surface area (Å²) in [6.07, 6.45) is 3.43. The van der Waals surface area contributed by atoms with Gasteiger partial charge >= 0.3 is 0 Å². The van der Waals surface area contributed by atoms with Crippen LogP contribution in [0, 0.1) is 0 Å². The van der Waals surface area contributed by atoms with Gasteiger partial charge in [0.05, 0.1) is 10.5 Å². The van der Waals surface area contributed by atoms with Crippen LogP contribution in [0.1, 0.15) is 25.7 Å². The lowest BCUT2D eigenvalue weighted by atomic mass is 9.93. The Morgan fingerprint density at radius 3 is 2.25 bits per heavy atom. The molecule has 0 atom stereocenters. The average Bonchev–Trinajstić information content (AvgIpc) is 2.30. The summed E-state index contributed by atoms with van der Waals surface area (Å²) in [5, 5.41) is 3.21. The van der Waals surface area contributed by atoms with E-state index in [1.807, 2.05) is 0 Å². The molecular weight excluding hydrogens is 174 g/mol. The Balaban J connectivity index is 2.29. The molecular formula is C8H15NO2S. The summed E-state index contributed by atoms with van der Waals surface area (Å²) < 4.78 is 23.1. The van der Waals surface area contributed by atoms with Crippen LogP contribution in [-0.2, 0) is 9.84 Å². The molecule has 0 aromatic carbocycles. The zero-order chi connectivity index (χ0) is 8.66. The largest absolute Gasteiger partial charge is 0.317 e. The summed E-state index contributed by atoms with van der Waals surface area (Å²) in [6.45, 7) is 1.75. The van der Waals surface area contributed by atoms with Gasteiger partial charge in [0.2, 0.25) is 0 Å². The average molecular weight is 189 g/mol. The van der Waals surface area contributed by atoms with Crippen molar-refractivity contribution in [2.24, 2.45) is 0 Å². The van der Waals surface area contributed by atoms with Crippen LogP contribution in [0.15, 0.2) is 0 Å². The normalized spacial score (nSPS) is 32.3. The van der Waals surface area contributed by atoms with E-state index in [2.05, 4.69) is 5.32 Å². The molecule has 2 aliphatic rings. The van der Waals surface area contributed by atoms with Crippen LogP contribution >= 0.6 is 0 Å². The lowest BCUT2D eigenvalue weighted by Crippen LogP contribution is -2.45. The number of sulfone groups is 1. The molecule has 12 heavy (non-hydrogen) atoms. The van der Waals surface area contributed by atoms with E-state index < -0.39 is 9.84 Å². The minimum absolute atomic E-state index is 0.321. The van der Waals surface area contributed by atoms with E-state index in [9.17, 15) is 8.42 Å². The second-order valence-electron chi connectivity index (χ2n) is 3.86. The third-order valence-electron chi connectivity index (χ3n) is 3.22. The van der Waals surface area contributed by atoms with Crippen molar-refractivity contribution in [2.45, 2.75) is 30.4 Å². The second-order valence-corrected chi connectivity index (χ2v) is 6.36. The maximum atomic E-state index is 11.7. The maximum absolute atomic E-state index is 11.7. The van der Waals surface area contributed by atoms with Crippen molar-refractivity contribution in [1.82, 2.24) is 5.32 Å². The molecule has 70 valence electrons. The summed E-state index contributed by atoms with van der Waals surface area (Å²) in [7, 11) is -2.75. The van der Waals surface area contributed by atoms with Crippen LogP contribution in [0.2, 0.25) is 0 Å². The maximum Gasteiger partial charge on any atom is 0.156 e. The third-order valence-corrected chi connectivity index (χ3v) is 5.98. The minimum atomic E-state index is -2.75. The van der Waals surface area contributed by atoms with Gasteiger partial charge in [0.15, 0.2) is 9.84 Å². The molecule has 0 aliphatic carbocycles. The van der Waals surface area contributed by atoms with Crippen molar-refractivity contribution in [3.05, 3.63) is 0 Å². The summed E-state index contributed by atoms with van der Waals surface area (Å²) in [5.41, 5.74) is 0. The predicted molar refractivity (Wildman–Crippen MR) is 47.9 cm³/mol. The van der Waals surface area contributed by atoms with Crippen LogP contribution in [0.4, 0.5) is 0 Å². The molecule has 2 aliphatic heterocycles. The first-order valence-corrected chi connectivity index (χ1v) is 6.25. The zero-order valence-corrected chi connectivity index (χ0v) is 7.99. The Bertz CT molecular complexity index is 265. The van der Waals surface area contributed by atoms with Crippen molar-refractivity contribution in [2.75, 3.05) is 18.8 Å². The van der Waals surface area contributed by atoms with E-state index in [1.54, 1.807) is 0 Å². The van der Waals surface area contributed by atoms with E-state index >= 15 is 0 Å². The molecule has 1 N–H and O–H groups in total. The molecule has 2 fully saturated rings. The zero-order valence-electron chi connectivity index (χ0n) is 7.17. The van der Waals surface area contributed by atoms with E-state index in [1.165, 1.54) is 0 Å². The SMILES string of the molecule is O=S1(=O)CCCC12CCNCC2. The van der Waals surface area contributed by atoms with Crippen LogP contribution in [0.3, 0.4) is 0 Å². The highest BCUT2D eigenvalue weighted by Gasteiger charge is 2.47. The molecule has 2 rings (SSSR count). The monoisotopic (exact) mass is 189 g/mol. The van der Waals surface area contributed by atoms with Crippen molar-refractivity contribution < 1.29 is 8.42 Å².